The minimum Gasteiger partial charge on any atom is -0.497 e. The Balaban J connectivity index is 2.65. The van der Waals surface area contributed by atoms with Gasteiger partial charge in [0.2, 0.25) is 0 Å². The molecular weight excluding hydrogens is 212 g/mol. The molecule has 0 aliphatic rings. The first-order valence-electron chi connectivity index (χ1n) is 4.38. The van der Waals surface area contributed by atoms with Crippen LogP contribution in [0.1, 0.15) is 0 Å². The molecule has 0 saturated heterocycles. The zero-order chi connectivity index (χ0) is 12.0. The largest absolute Gasteiger partial charge is 0.497 e. The number of aliphatic carboxylic acids is 1. The lowest BCUT2D eigenvalue weighted by molar-refractivity contribution is -0.133. The highest BCUT2D eigenvalue weighted by atomic mass is 16.5. The average molecular weight is 222 g/mol. The Kier molecular flexibility index (Phi) is 4.08. The fraction of sp³-hybridized carbons (Fsp3) is 0.0909. The van der Waals surface area contributed by atoms with Crippen molar-refractivity contribution in [1.82, 2.24) is 0 Å². The second-order valence-corrected chi connectivity index (χ2v) is 2.77. The molecule has 0 aliphatic carbocycles. The lowest BCUT2D eigenvalue weighted by Crippen LogP contribution is -2.04. The van der Waals surface area contributed by atoms with Crippen molar-refractivity contribution in [3.8, 4) is 11.5 Å². The van der Waals surface area contributed by atoms with Crippen LogP contribution in [0.2, 0.25) is 0 Å². The molecule has 0 saturated carbocycles. The third-order valence-corrected chi connectivity index (χ3v) is 1.62. The fourth-order valence-corrected chi connectivity index (χ4v) is 0.954. The van der Waals surface area contributed by atoms with Crippen LogP contribution < -0.4 is 9.47 Å². The normalized spacial score (nSPS) is 10.1. The Morgan fingerprint density at radius 3 is 2.56 bits per heavy atom. The van der Waals surface area contributed by atoms with Gasteiger partial charge >= 0.3 is 11.9 Å². The predicted molar refractivity (Wildman–Crippen MR) is 55.4 cm³/mol. The van der Waals surface area contributed by atoms with Crippen LogP contribution in [0.3, 0.4) is 0 Å². The molecule has 0 radical (unpaired) electrons. The molecule has 0 atom stereocenters. The zero-order valence-corrected chi connectivity index (χ0v) is 8.54. The van der Waals surface area contributed by atoms with Gasteiger partial charge in [0.15, 0.2) is 0 Å². The van der Waals surface area contributed by atoms with E-state index < -0.39 is 11.9 Å². The van der Waals surface area contributed by atoms with Crippen LogP contribution in [0.5, 0.6) is 11.5 Å². The van der Waals surface area contributed by atoms with Crippen LogP contribution >= 0.6 is 0 Å². The number of carboxylic acids is 1. The number of methoxy groups -OCH3 is 1. The maximum Gasteiger partial charge on any atom is 0.336 e. The van der Waals surface area contributed by atoms with E-state index in [1.807, 2.05) is 0 Å². The molecule has 84 valence electrons. The molecule has 0 spiro atoms. The quantitative estimate of drug-likeness (QED) is 0.471. The van der Waals surface area contributed by atoms with Crippen molar-refractivity contribution >= 4 is 11.9 Å². The number of hydrogen-bond donors (Lipinski definition) is 1. The Morgan fingerprint density at radius 1 is 1.25 bits per heavy atom. The van der Waals surface area contributed by atoms with Crippen molar-refractivity contribution in [2.24, 2.45) is 0 Å². The van der Waals surface area contributed by atoms with Crippen molar-refractivity contribution in [2.45, 2.75) is 0 Å². The molecule has 1 aromatic carbocycles. The molecule has 0 unspecified atom stereocenters. The topological polar surface area (TPSA) is 72.8 Å². The molecule has 1 N–H and O–H groups in total. The van der Waals surface area contributed by atoms with Gasteiger partial charge < -0.3 is 14.6 Å². The summed E-state index contributed by atoms with van der Waals surface area (Å²) in [5.41, 5.74) is 0. The average Bonchev–Trinajstić information content (AvgIpc) is 2.26. The first-order chi connectivity index (χ1) is 7.61. The van der Waals surface area contributed by atoms with E-state index >= 15 is 0 Å². The number of hydrogen-bond acceptors (Lipinski definition) is 4. The minimum absolute atomic E-state index is 0.291. The Bertz CT molecular complexity index is 422. The minimum atomic E-state index is -1.21. The Labute approximate surface area is 91.9 Å². The van der Waals surface area contributed by atoms with Crippen LogP contribution in [0, 0.1) is 0 Å². The molecule has 1 rings (SSSR count). The smallest absolute Gasteiger partial charge is 0.336 e. The van der Waals surface area contributed by atoms with Gasteiger partial charge in [0.25, 0.3) is 0 Å². The van der Waals surface area contributed by atoms with Crippen LogP contribution in [-0.2, 0) is 9.59 Å². The second-order valence-electron chi connectivity index (χ2n) is 2.77. The number of rotatable bonds is 4. The number of carboxylic acid groups (broad SMARTS) is 1. The molecule has 16 heavy (non-hydrogen) atoms. The monoisotopic (exact) mass is 222 g/mol. The third-order valence-electron chi connectivity index (χ3n) is 1.62. The molecule has 5 heteroatoms. The highest BCUT2D eigenvalue weighted by Gasteiger charge is 2.02. The van der Waals surface area contributed by atoms with Gasteiger partial charge in [-0.2, -0.15) is 0 Å². The maximum atomic E-state index is 11.1. The van der Waals surface area contributed by atoms with Gasteiger partial charge in [-0.1, -0.05) is 6.07 Å². The molecule has 1 aromatic rings. The summed E-state index contributed by atoms with van der Waals surface area (Å²) in [6, 6.07) is 6.44. The third kappa shape index (κ3) is 3.83. The van der Waals surface area contributed by atoms with Crippen LogP contribution in [0.25, 0.3) is 0 Å². The van der Waals surface area contributed by atoms with Crippen molar-refractivity contribution in [1.29, 1.82) is 0 Å². The van der Waals surface area contributed by atoms with Crippen molar-refractivity contribution < 1.29 is 24.2 Å². The van der Waals surface area contributed by atoms with E-state index in [2.05, 4.69) is 0 Å². The van der Waals surface area contributed by atoms with E-state index in [0.717, 1.165) is 6.08 Å². The molecule has 0 fully saturated rings. The highest BCUT2D eigenvalue weighted by Crippen LogP contribution is 2.18. The molecule has 0 aromatic heterocycles. The van der Waals surface area contributed by atoms with Crippen LogP contribution in [-0.4, -0.2) is 24.2 Å². The number of esters is 1. The Morgan fingerprint density at radius 2 is 1.94 bits per heavy atom. The molecule has 0 heterocycles. The summed E-state index contributed by atoms with van der Waals surface area (Å²) >= 11 is 0. The first-order valence-corrected chi connectivity index (χ1v) is 4.38. The number of benzene rings is 1. The summed E-state index contributed by atoms with van der Waals surface area (Å²) < 4.78 is 9.77. The lowest BCUT2D eigenvalue weighted by atomic mass is 10.3. The summed E-state index contributed by atoms with van der Waals surface area (Å²) in [5.74, 6) is -1.12. The lowest BCUT2D eigenvalue weighted by Gasteiger charge is -2.03. The molecule has 0 bridgehead atoms. The van der Waals surface area contributed by atoms with E-state index in [1.54, 1.807) is 18.2 Å². The molecule has 0 amide bonds. The van der Waals surface area contributed by atoms with Crippen LogP contribution in [0.4, 0.5) is 0 Å². The Hall–Kier alpha value is -2.30. The number of carbonyl (C=O) groups excluding carboxylic acids is 1. The summed E-state index contributed by atoms with van der Waals surface area (Å²) in [7, 11) is 1.49. The molecular formula is C11H10O5. The van der Waals surface area contributed by atoms with Crippen molar-refractivity contribution in [3.63, 3.8) is 0 Å². The van der Waals surface area contributed by atoms with Gasteiger partial charge in [0, 0.05) is 18.2 Å². The van der Waals surface area contributed by atoms with Gasteiger partial charge in [0.05, 0.1) is 7.11 Å². The van der Waals surface area contributed by atoms with E-state index in [9.17, 15) is 9.59 Å². The molecule has 5 nitrogen and oxygen atoms in total. The van der Waals surface area contributed by atoms with E-state index in [-0.39, 0.29) is 0 Å². The standard InChI is InChI=1S/C11H10O5/c1-15-8-3-2-4-9(7-8)16-11(14)6-5-10(12)13/h2-7H,1H3,(H,12,13)/b6-5+. The van der Waals surface area contributed by atoms with Gasteiger partial charge in [-0.3, -0.25) is 0 Å². The van der Waals surface area contributed by atoms with Crippen LogP contribution in [0.15, 0.2) is 36.4 Å². The first kappa shape index (κ1) is 11.8. The number of ether oxygens (including phenoxy) is 2. The van der Waals surface area contributed by atoms with Gasteiger partial charge in [-0.15, -0.1) is 0 Å². The predicted octanol–water partition coefficient (Wildman–Crippen LogP) is 1.24. The summed E-state index contributed by atoms with van der Waals surface area (Å²) in [6.07, 6.45) is 1.55. The SMILES string of the molecule is COc1cccc(OC(=O)/C=C/C(=O)O)c1. The summed E-state index contributed by atoms with van der Waals surface area (Å²) in [4.78, 5) is 21.2. The molecule has 0 aliphatic heterocycles. The van der Waals surface area contributed by atoms with Crippen molar-refractivity contribution in [2.75, 3.05) is 7.11 Å². The van der Waals surface area contributed by atoms with E-state index in [4.69, 9.17) is 14.6 Å². The zero-order valence-electron chi connectivity index (χ0n) is 8.54. The summed E-state index contributed by atoms with van der Waals surface area (Å²) in [6.45, 7) is 0. The van der Waals surface area contributed by atoms with Gasteiger partial charge in [-0.05, 0) is 12.1 Å². The van der Waals surface area contributed by atoms with E-state index in [0.29, 0.717) is 17.6 Å². The van der Waals surface area contributed by atoms with E-state index in [1.165, 1.54) is 13.2 Å². The van der Waals surface area contributed by atoms with Crippen molar-refractivity contribution in [3.05, 3.63) is 36.4 Å². The van der Waals surface area contributed by atoms with Gasteiger partial charge in [-0.25, -0.2) is 9.59 Å². The highest BCUT2D eigenvalue weighted by molar-refractivity contribution is 5.91. The second kappa shape index (κ2) is 5.55. The fourth-order valence-electron chi connectivity index (χ4n) is 0.954. The number of carbonyl (C=O) groups is 2. The van der Waals surface area contributed by atoms with Gasteiger partial charge in [0.1, 0.15) is 11.5 Å². The maximum absolute atomic E-state index is 11.1. The summed E-state index contributed by atoms with van der Waals surface area (Å²) in [5, 5.41) is 8.30.